The largest absolute Gasteiger partial charge is 0.461 e. The molecule has 0 aliphatic carbocycles. The van der Waals surface area contributed by atoms with Crippen LogP contribution in [0.15, 0.2) is 11.6 Å². The number of ketones is 1. The molecule has 0 amide bonds. The number of carbonyl (C=O) groups excluding carboxylic acids is 2. The quantitative estimate of drug-likeness (QED) is 0.554. The van der Waals surface area contributed by atoms with Crippen LogP contribution in [-0.4, -0.2) is 83.8 Å². The molecule has 36 heavy (non-hydrogen) atoms. The lowest BCUT2D eigenvalue weighted by molar-refractivity contribution is -0.276. The van der Waals surface area contributed by atoms with Crippen LogP contribution in [0.5, 0.6) is 0 Å². The zero-order valence-electron chi connectivity index (χ0n) is 23.6. The van der Waals surface area contributed by atoms with Gasteiger partial charge >= 0.3 is 5.97 Å². The molecule has 0 bridgehead atoms. The number of hydrogen-bond acceptors (Lipinski definition) is 8. The fourth-order valence-corrected chi connectivity index (χ4v) is 5.46. The summed E-state index contributed by atoms with van der Waals surface area (Å²) in [6.45, 7) is 13.2. The molecular formula is C28H49NO7. The maximum atomic E-state index is 13.2. The molecule has 0 aromatic carbocycles. The Morgan fingerprint density at radius 2 is 1.69 bits per heavy atom. The van der Waals surface area contributed by atoms with Gasteiger partial charge in [-0.05, 0) is 65.6 Å². The van der Waals surface area contributed by atoms with Gasteiger partial charge in [-0.1, -0.05) is 33.8 Å². The van der Waals surface area contributed by atoms with E-state index < -0.39 is 36.5 Å². The van der Waals surface area contributed by atoms with Gasteiger partial charge in [0, 0.05) is 24.3 Å². The molecule has 208 valence electrons. The van der Waals surface area contributed by atoms with E-state index in [0.29, 0.717) is 24.8 Å². The van der Waals surface area contributed by atoms with Crippen molar-refractivity contribution in [2.75, 3.05) is 14.1 Å². The van der Waals surface area contributed by atoms with Gasteiger partial charge in [-0.2, -0.15) is 0 Å². The lowest BCUT2D eigenvalue weighted by Crippen LogP contribution is -2.55. The Balaban J connectivity index is 2.36. The third-order valence-corrected chi connectivity index (χ3v) is 7.97. The van der Waals surface area contributed by atoms with Crippen LogP contribution in [-0.2, 0) is 23.8 Å². The normalized spacial score (nSPS) is 42.0. The molecule has 0 aromatic rings. The topological polar surface area (TPSA) is 106 Å². The summed E-state index contributed by atoms with van der Waals surface area (Å²) < 4.78 is 18.1. The number of allylic oxidation sites excluding steroid dienone is 1. The van der Waals surface area contributed by atoms with Gasteiger partial charge in [-0.15, -0.1) is 0 Å². The number of cyclic esters (lactones) is 1. The van der Waals surface area contributed by atoms with Crippen molar-refractivity contribution in [3.8, 4) is 0 Å². The zero-order valence-corrected chi connectivity index (χ0v) is 23.6. The molecule has 0 aromatic heterocycles. The molecule has 11 atom stereocenters. The number of rotatable bonds is 4. The van der Waals surface area contributed by atoms with Crippen LogP contribution in [0, 0.1) is 23.7 Å². The molecule has 2 N–H and O–H groups in total. The summed E-state index contributed by atoms with van der Waals surface area (Å²) in [5, 5.41) is 22.0. The van der Waals surface area contributed by atoms with E-state index in [1.807, 2.05) is 66.6 Å². The highest BCUT2D eigenvalue weighted by Gasteiger charge is 2.41. The van der Waals surface area contributed by atoms with Crippen LogP contribution in [0.3, 0.4) is 0 Å². The van der Waals surface area contributed by atoms with Gasteiger partial charge in [-0.3, -0.25) is 9.59 Å². The highest BCUT2D eigenvalue weighted by atomic mass is 16.7. The molecule has 8 heteroatoms. The molecule has 2 heterocycles. The molecule has 0 radical (unpaired) electrons. The fourth-order valence-electron chi connectivity index (χ4n) is 5.46. The predicted octanol–water partition coefficient (Wildman–Crippen LogP) is 3.33. The van der Waals surface area contributed by atoms with Crippen LogP contribution in [0.4, 0.5) is 0 Å². The number of carbonyl (C=O) groups is 2. The first kappa shape index (κ1) is 30.9. The summed E-state index contributed by atoms with van der Waals surface area (Å²) in [6, 6.07) is -0.132. The minimum absolute atomic E-state index is 0.0508. The van der Waals surface area contributed by atoms with Crippen LogP contribution in [0.25, 0.3) is 0 Å². The predicted molar refractivity (Wildman–Crippen MR) is 138 cm³/mol. The number of ether oxygens (including phenoxy) is 3. The summed E-state index contributed by atoms with van der Waals surface area (Å²) in [7, 11) is 3.83. The lowest BCUT2D eigenvalue weighted by Gasteiger charge is -2.43. The van der Waals surface area contributed by atoms with E-state index in [4.69, 9.17) is 14.2 Å². The van der Waals surface area contributed by atoms with E-state index in [2.05, 4.69) is 0 Å². The summed E-state index contributed by atoms with van der Waals surface area (Å²) >= 11 is 0. The molecule has 0 saturated carbocycles. The Kier molecular flexibility index (Phi) is 11.6. The molecule has 4 unspecified atom stereocenters. The number of hydrogen-bond donors (Lipinski definition) is 2. The van der Waals surface area contributed by atoms with Gasteiger partial charge < -0.3 is 29.3 Å². The molecule has 1 fully saturated rings. The highest BCUT2D eigenvalue weighted by molar-refractivity contribution is 5.96. The number of Topliss-reactive ketones (excluding diaryl/α,β-unsaturated/α-hetero) is 1. The Morgan fingerprint density at radius 1 is 1.06 bits per heavy atom. The molecular weight excluding hydrogens is 462 g/mol. The van der Waals surface area contributed by atoms with Gasteiger partial charge in [0.1, 0.15) is 12.2 Å². The van der Waals surface area contributed by atoms with Crippen LogP contribution >= 0.6 is 0 Å². The number of aliphatic hydroxyl groups is 2. The molecule has 0 spiro atoms. The van der Waals surface area contributed by atoms with Crippen LogP contribution < -0.4 is 0 Å². The number of aliphatic hydroxyl groups excluding tert-OH is 2. The van der Waals surface area contributed by atoms with Crippen molar-refractivity contribution in [1.82, 2.24) is 4.90 Å². The Hall–Kier alpha value is -1.32. The standard InChI is InChI=1S/C28H49NO7/c1-10-23-15(2)11-17(4)25(31)18(5)12-16(3)24(14-22(30)20(7)27(33)35-23)36-28-26(32)21(29(8)9)13-19(6)34-28/h11,15-16,18-24,26,28,30,32H,10,12-14H2,1-9H3/t15-,16+,18-,19?,20-,21?,22+,23-,24-,26?,28?/m1/s1. The van der Waals surface area contributed by atoms with Gasteiger partial charge in [0.05, 0.1) is 24.2 Å². The highest BCUT2D eigenvalue weighted by Crippen LogP contribution is 2.31. The maximum absolute atomic E-state index is 13.2. The Labute approximate surface area is 217 Å². The van der Waals surface area contributed by atoms with Crippen molar-refractivity contribution in [3.05, 3.63) is 11.6 Å². The molecule has 2 rings (SSSR count). The van der Waals surface area contributed by atoms with E-state index in [1.54, 1.807) is 6.92 Å². The average molecular weight is 512 g/mol. The summed E-state index contributed by atoms with van der Waals surface area (Å²) in [5.41, 5.74) is 0.660. The van der Waals surface area contributed by atoms with Crippen molar-refractivity contribution in [1.29, 1.82) is 0 Å². The van der Waals surface area contributed by atoms with Crippen LogP contribution in [0.1, 0.15) is 74.1 Å². The first-order chi connectivity index (χ1) is 16.8. The van der Waals surface area contributed by atoms with Crippen LogP contribution in [0.2, 0.25) is 0 Å². The summed E-state index contributed by atoms with van der Waals surface area (Å²) in [4.78, 5) is 28.0. The SMILES string of the molecule is CC[C@H]1OC(=O)[C@H](C)[C@@H](O)C[C@@H](OC2OC(C)CC(N(C)C)C2O)[C@@H](C)C[C@@H](C)C(=O)C(C)=C[C@H]1C. The number of esters is 1. The third kappa shape index (κ3) is 7.84. The second-order valence-corrected chi connectivity index (χ2v) is 11.4. The zero-order chi connectivity index (χ0) is 27.3. The molecule has 2 aliphatic rings. The molecule has 1 saturated heterocycles. The second-order valence-electron chi connectivity index (χ2n) is 11.4. The number of likely N-dealkylation sites (N-methyl/N-ethyl adjacent to an activating group) is 1. The van der Waals surface area contributed by atoms with Gasteiger partial charge in [0.15, 0.2) is 12.1 Å². The van der Waals surface area contributed by atoms with E-state index in [-0.39, 0.29) is 48.2 Å². The average Bonchev–Trinajstić information content (AvgIpc) is 2.81. The van der Waals surface area contributed by atoms with E-state index in [9.17, 15) is 19.8 Å². The molecule has 2 aliphatic heterocycles. The van der Waals surface area contributed by atoms with Gasteiger partial charge in [-0.25, -0.2) is 0 Å². The van der Waals surface area contributed by atoms with E-state index in [1.165, 1.54) is 0 Å². The van der Waals surface area contributed by atoms with Crippen molar-refractivity contribution in [3.63, 3.8) is 0 Å². The van der Waals surface area contributed by atoms with Gasteiger partial charge in [0.2, 0.25) is 0 Å². The first-order valence-corrected chi connectivity index (χ1v) is 13.5. The number of nitrogens with zero attached hydrogens (tertiary/aromatic N) is 1. The second kappa shape index (κ2) is 13.5. The fraction of sp³-hybridized carbons (Fsp3) is 0.857. The smallest absolute Gasteiger partial charge is 0.311 e. The lowest BCUT2D eigenvalue weighted by atomic mass is 9.84. The third-order valence-electron chi connectivity index (χ3n) is 7.97. The van der Waals surface area contributed by atoms with Crippen molar-refractivity contribution >= 4 is 11.8 Å². The van der Waals surface area contributed by atoms with E-state index in [0.717, 1.165) is 0 Å². The minimum atomic E-state index is -1.01. The molecule has 8 nitrogen and oxygen atoms in total. The van der Waals surface area contributed by atoms with E-state index >= 15 is 0 Å². The summed E-state index contributed by atoms with van der Waals surface area (Å²) in [6.07, 6.45) is 0.0937. The van der Waals surface area contributed by atoms with Crippen molar-refractivity contribution in [2.24, 2.45) is 23.7 Å². The van der Waals surface area contributed by atoms with Crippen molar-refractivity contribution < 1.29 is 34.0 Å². The Morgan fingerprint density at radius 3 is 2.28 bits per heavy atom. The maximum Gasteiger partial charge on any atom is 0.311 e. The van der Waals surface area contributed by atoms with Gasteiger partial charge in [0.25, 0.3) is 0 Å². The minimum Gasteiger partial charge on any atom is -0.461 e. The van der Waals surface area contributed by atoms with Crippen molar-refractivity contribution in [2.45, 2.75) is 117 Å². The monoisotopic (exact) mass is 511 g/mol. The first-order valence-electron chi connectivity index (χ1n) is 13.5. The Bertz CT molecular complexity index is 769. The summed E-state index contributed by atoms with van der Waals surface area (Å²) in [5.74, 6) is -1.67.